The molecule has 3 rings (SSSR count). The number of H-pyrrole nitrogens is 1. The summed E-state index contributed by atoms with van der Waals surface area (Å²) >= 11 is 0. The minimum absolute atomic E-state index is 0.0259. The molecule has 2 aromatic rings. The van der Waals surface area contributed by atoms with Crippen molar-refractivity contribution in [1.82, 2.24) is 9.97 Å². The Balaban J connectivity index is 2.35. The third-order valence-corrected chi connectivity index (χ3v) is 2.97. The van der Waals surface area contributed by atoms with Crippen molar-refractivity contribution in [3.05, 3.63) is 33.9 Å². The molecule has 94 valence electrons. The standard InChI is InChI=1S/C12H10F2N2O2/c1-6-15-9-8(11(17)16-6)3-2-7-4-5-12(13,14)18-10(7)9/h2-3H,4-5H2,1H3,(H,15,16,17). The van der Waals surface area contributed by atoms with Gasteiger partial charge in [0.05, 0.1) is 11.8 Å². The van der Waals surface area contributed by atoms with Gasteiger partial charge in [-0.25, -0.2) is 4.98 Å². The Labute approximate surface area is 101 Å². The van der Waals surface area contributed by atoms with E-state index in [9.17, 15) is 13.6 Å². The van der Waals surface area contributed by atoms with Crippen molar-refractivity contribution >= 4 is 10.9 Å². The summed E-state index contributed by atoms with van der Waals surface area (Å²) in [6.45, 7) is 1.60. The summed E-state index contributed by atoms with van der Waals surface area (Å²) < 4.78 is 31.2. The SMILES string of the molecule is Cc1nc2c3c(ccc2c(=O)[nH]1)CCC(F)(F)O3. The van der Waals surface area contributed by atoms with Gasteiger partial charge >= 0.3 is 6.11 Å². The van der Waals surface area contributed by atoms with Crippen molar-refractivity contribution in [2.75, 3.05) is 0 Å². The highest BCUT2D eigenvalue weighted by Gasteiger charge is 2.37. The summed E-state index contributed by atoms with van der Waals surface area (Å²) in [5.74, 6) is 0.399. The minimum Gasteiger partial charge on any atom is -0.430 e. The number of nitrogens with one attached hydrogen (secondary N) is 1. The third-order valence-electron chi connectivity index (χ3n) is 2.97. The van der Waals surface area contributed by atoms with Crippen LogP contribution in [0.5, 0.6) is 5.75 Å². The molecule has 0 unspecified atom stereocenters. The molecule has 0 fully saturated rings. The van der Waals surface area contributed by atoms with Crippen molar-refractivity contribution in [3.8, 4) is 5.75 Å². The largest absolute Gasteiger partial charge is 0.430 e. The highest BCUT2D eigenvalue weighted by Crippen LogP contribution is 2.38. The molecular weight excluding hydrogens is 242 g/mol. The fourth-order valence-electron chi connectivity index (χ4n) is 2.13. The maximum absolute atomic E-state index is 13.3. The van der Waals surface area contributed by atoms with Gasteiger partial charge in [-0.15, -0.1) is 0 Å². The number of nitrogens with zero attached hydrogens (tertiary/aromatic N) is 1. The van der Waals surface area contributed by atoms with E-state index in [1.165, 1.54) is 0 Å². The summed E-state index contributed by atoms with van der Waals surface area (Å²) in [6, 6.07) is 3.23. The zero-order chi connectivity index (χ0) is 12.9. The second kappa shape index (κ2) is 3.51. The van der Waals surface area contributed by atoms with E-state index in [2.05, 4.69) is 9.97 Å². The number of ether oxygens (including phenoxy) is 1. The Bertz CT molecular complexity index is 694. The molecule has 0 saturated carbocycles. The molecule has 6 heteroatoms. The molecular formula is C12H10F2N2O2. The first-order chi connectivity index (χ1) is 8.46. The van der Waals surface area contributed by atoms with E-state index in [0.717, 1.165) is 0 Å². The van der Waals surface area contributed by atoms with Crippen LogP contribution in [-0.4, -0.2) is 16.1 Å². The molecule has 1 aliphatic rings. The maximum atomic E-state index is 13.3. The van der Waals surface area contributed by atoms with E-state index >= 15 is 0 Å². The summed E-state index contributed by atoms with van der Waals surface area (Å²) in [6.07, 6.45) is -3.33. The number of benzene rings is 1. The van der Waals surface area contributed by atoms with Crippen LogP contribution in [0.25, 0.3) is 10.9 Å². The topological polar surface area (TPSA) is 55.0 Å². The summed E-state index contributed by atoms with van der Waals surface area (Å²) in [4.78, 5) is 18.3. The van der Waals surface area contributed by atoms with Crippen LogP contribution >= 0.6 is 0 Å². The Hall–Kier alpha value is -1.98. The lowest BCUT2D eigenvalue weighted by atomic mass is 10.0. The van der Waals surface area contributed by atoms with Gasteiger partial charge < -0.3 is 9.72 Å². The van der Waals surface area contributed by atoms with Crippen molar-refractivity contribution < 1.29 is 13.5 Å². The predicted octanol–water partition coefficient (Wildman–Crippen LogP) is 2.15. The van der Waals surface area contributed by atoms with Gasteiger partial charge in [0.25, 0.3) is 5.56 Å². The smallest absolute Gasteiger partial charge is 0.398 e. The predicted molar refractivity (Wildman–Crippen MR) is 61.0 cm³/mol. The normalized spacial score (nSPS) is 17.3. The molecule has 1 N–H and O–H groups in total. The molecule has 0 amide bonds. The monoisotopic (exact) mass is 252 g/mol. The molecule has 0 atom stereocenters. The molecule has 0 spiro atoms. The number of rotatable bonds is 0. The highest BCUT2D eigenvalue weighted by molar-refractivity contribution is 5.85. The van der Waals surface area contributed by atoms with Gasteiger partial charge in [-0.05, 0) is 25.0 Å². The lowest BCUT2D eigenvalue weighted by Crippen LogP contribution is -2.30. The van der Waals surface area contributed by atoms with Crippen LogP contribution in [0.15, 0.2) is 16.9 Å². The molecule has 0 saturated heterocycles. The summed E-state index contributed by atoms with van der Waals surface area (Å²) in [7, 11) is 0. The highest BCUT2D eigenvalue weighted by atomic mass is 19.3. The Morgan fingerprint density at radius 1 is 1.44 bits per heavy atom. The zero-order valence-corrected chi connectivity index (χ0v) is 9.59. The first kappa shape index (κ1) is 11.1. The number of aromatic nitrogens is 2. The molecule has 1 aromatic carbocycles. The number of hydrogen-bond donors (Lipinski definition) is 1. The Morgan fingerprint density at radius 2 is 2.22 bits per heavy atom. The Kier molecular flexibility index (Phi) is 2.17. The molecule has 0 bridgehead atoms. The van der Waals surface area contributed by atoms with Crippen LogP contribution in [0.1, 0.15) is 17.8 Å². The zero-order valence-electron chi connectivity index (χ0n) is 9.59. The van der Waals surface area contributed by atoms with Crippen LogP contribution in [0.4, 0.5) is 8.78 Å². The van der Waals surface area contributed by atoms with Gasteiger partial charge in [0, 0.05) is 0 Å². The van der Waals surface area contributed by atoms with Crippen LogP contribution < -0.4 is 10.3 Å². The second-order valence-electron chi connectivity index (χ2n) is 4.34. The number of alkyl halides is 2. The summed E-state index contributed by atoms with van der Waals surface area (Å²) in [5, 5.41) is 0.261. The van der Waals surface area contributed by atoms with Crippen LogP contribution in [0, 0.1) is 6.92 Å². The summed E-state index contributed by atoms with van der Waals surface area (Å²) in [5.41, 5.74) is 0.511. The molecule has 1 aliphatic heterocycles. The number of halogens is 2. The fourth-order valence-corrected chi connectivity index (χ4v) is 2.13. The van der Waals surface area contributed by atoms with Crippen molar-refractivity contribution in [3.63, 3.8) is 0 Å². The third kappa shape index (κ3) is 1.64. The molecule has 0 radical (unpaired) electrons. The molecule has 18 heavy (non-hydrogen) atoms. The van der Waals surface area contributed by atoms with E-state index in [1.807, 2.05) is 0 Å². The number of aryl methyl sites for hydroxylation is 2. The van der Waals surface area contributed by atoms with E-state index < -0.39 is 6.11 Å². The van der Waals surface area contributed by atoms with E-state index in [-0.39, 0.29) is 35.1 Å². The van der Waals surface area contributed by atoms with Crippen molar-refractivity contribution in [2.24, 2.45) is 0 Å². The number of hydrogen-bond acceptors (Lipinski definition) is 3. The lowest BCUT2D eigenvalue weighted by Gasteiger charge is -2.25. The first-order valence-electron chi connectivity index (χ1n) is 5.56. The second-order valence-corrected chi connectivity index (χ2v) is 4.34. The lowest BCUT2D eigenvalue weighted by molar-refractivity contribution is -0.186. The van der Waals surface area contributed by atoms with Gasteiger partial charge in [0.1, 0.15) is 11.3 Å². The fraction of sp³-hybridized carbons (Fsp3) is 0.333. The number of aromatic amines is 1. The van der Waals surface area contributed by atoms with Crippen LogP contribution in [0.2, 0.25) is 0 Å². The van der Waals surface area contributed by atoms with Crippen LogP contribution in [-0.2, 0) is 6.42 Å². The molecule has 4 nitrogen and oxygen atoms in total. The maximum Gasteiger partial charge on any atom is 0.398 e. The van der Waals surface area contributed by atoms with E-state index in [4.69, 9.17) is 4.74 Å². The van der Waals surface area contributed by atoms with Crippen LogP contribution in [0.3, 0.4) is 0 Å². The molecule has 0 aliphatic carbocycles. The Morgan fingerprint density at radius 3 is 3.00 bits per heavy atom. The average Bonchev–Trinajstić information content (AvgIpc) is 2.28. The van der Waals surface area contributed by atoms with Gasteiger partial charge in [-0.3, -0.25) is 4.79 Å². The minimum atomic E-state index is -3.19. The quantitative estimate of drug-likeness (QED) is 0.781. The first-order valence-corrected chi connectivity index (χ1v) is 5.56. The van der Waals surface area contributed by atoms with Gasteiger partial charge in [-0.2, -0.15) is 8.78 Å². The van der Waals surface area contributed by atoms with Gasteiger partial charge in [0.2, 0.25) is 0 Å². The number of fused-ring (bicyclic) bond motifs is 3. The van der Waals surface area contributed by atoms with Crippen molar-refractivity contribution in [1.29, 1.82) is 0 Å². The average molecular weight is 252 g/mol. The van der Waals surface area contributed by atoms with E-state index in [0.29, 0.717) is 11.4 Å². The van der Waals surface area contributed by atoms with Gasteiger partial charge in [-0.1, -0.05) is 6.07 Å². The molecule has 2 heterocycles. The van der Waals surface area contributed by atoms with Crippen molar-refractivity contribution in [2.45, 2.75) is 25.9 Å². The molecule has 1 aromatic heterocycles. The van der Waals surface area contributed by atoms with Gasteiger partial charge in [0.15, 0.2) is 5.75 Å². The van der Waals surface area contributed by atoms with E-state index in [1.54, 1.807) is 19.1 Å².